The Morgan fingerprint density at radius 3 is 1.93 bits per heavy atom. The van der Waals surface area contributed by atoms with Gasteiger partial charge in [0.1, 0.15) is 11.7 Å². The van der Waals surface area contributed by atoms with Crippen molar-refractivity contribution in [2.45, 2.75) is 18.8 Å². The van der Waals surface area contributed by atoms with Gasteiger partial charge in [-0.1, -0.05) is 54.7 Å². The van der Waals surface area contributed by atoms with Gasteiger partial charge in [-0.05, 0) is 71.5 Å². The molecule has 8 heteroatoms. The summed E-state index contributed by atoms with van der Waals surface area (Å²) in [5.41, 5.74) is 4.44. The number of Topliss-reactive ketones (excluding diaryl/α,β-unsaturated/α-hetero) is 2. The number of anilines is 1. The van der Waals surface area contributed by atoms with Crippen molar-refractivity contribution in [1.29, 1.82) is 0 Å². The van der Waals surface area contributed by atoms with Crippen LogP contribution in [0.1, 0.15) is 77.1 Å². The number of aromatic amines is 1. The first-order chi connectivity index (χ1) is 20.9. The van der Waals surface area contributed by atoms with Crippen LogP contribution in [0.4, 0.5) is 5.69 Å². The number of imide groups is 1. The molecule has 0 saturated carbocycles. The highest BCUT2D eigenvalue weighted by Gasteiger charge is 2.46. The van der Waals surface area contributed by atoms with E-state index < -0.39 is 34.9 Å². The molecule has 2 heterocycles. The number of carbonyl (C=O) groups excluding carboxylic acids is 4. The summed E-state index contributed by atoms with van der Waals surface area (Å²) in [5, 5.41) is 0.351. The SMILES string of the molecule is O=C1c2cc3c(cc2C(=O)C1c1nc2ccc(C4=CC=CC4)cc2c(=O)[nH]1)C(=O)N(c1cccc(C2=CC=CC2)c1)C3=O. The Balaban J connectivity index is 1.13. The van der Waals surface area contributed by atoms with Gasteiger partial charge in [-0.2, -0.15) is 0 Å². The molecule has 206 valence electrons. The van der Waals surface area contributed by atoms with Crippen LogP contribution in [0.2, 0.25) is 0 Å². The number of amides is 2. The number of hydrogen-bond donors (Lipinski definition) is 1. The van der Waals surface area contributed by atoms with Crippen molar-refractivity contribution in [1.82, 2.24) is 9.97 Å². The summed E-state index contributed by atoms with van der Waals surface area (Å²) < 4.78 is 0. The van der Waals surface area contributed by atoms with Gasteiger partial charge < -0.3 is 4.98 Å². The number of hydrogen-bond acceptors (Lipinski definition) is 6. The van der Waals surface area contributed by atoms with Crippen LogP contribution >= 0.6 is 0 Å². The number of carbonyl (C=O) groups is 4. The summed E-state index contributed by atoms with van der Waals surface area (Å²) in [5.74, 6) is -3.73. The summed E-state index contributed by atoms with van der Waals surface area (Å²) in [6, 6.07) is 15.1. The third kappa shape index (κ3) is 3.69. The topological polar surface area (TPSA) is 117 Å². The zero-order chi connectivity index (χ0) is 29.4. The second kappa shape index (κ2) is 9.12. The highest BCUT2D eigenvalue weighted by molar-refractivity contribution is 6.37. The molecule has 0 spiro atoms. The van der Waals surface area contributed by atoms with Crippen LogP contribution in [0, 0.1) is 0 Å². The molecule has 4 aromatic rings. The summed E-state index contributed by atoms with van der Waals surface area (Å²) in [4.78, 5) is 75.5. The van der Waals surface area contributed by atoms with Gasteiger partial charge in [-0.25, -0.2) is 9.88 Å². The minimum atomic E-state index is -1.37. The van der Waals surface area contributed by atoms with Gasteiger partial charge in [0.2, 0.25) is 0 Å². The fourth-order valence-electron chi connectivity index (χ4n) is 6.27. The van der Waals surface area contributed by atoms with E-state index in [0.29, 0.717) is 16.6 Å². The fourth-order valence-corrected chi connectivity index (χ4v) is 6.27. The lowest BCUT2D eigenvalue weighted by molar-refractivity contribution is 0.0882. The van der Waals surface area contributed by atoms with E-state index in [1.807, 2.05) is 48.6 Å². The van der Waals surface area contributed by atoms with Crippen molar-refractivity contribution in [3.63, 3.8) is 0 Å². The Morgan fingerprint density at radius 1 is 0.698 bits per heavy atom. The van der Waals surface area contributed by atoms with Crippen molar-refractivity contribution < 1.29 is 19.2 Å². The monoisotopic (exact) mass is 563 g/mol. The van der Waals surface area contributed by atoms with Gasteiger partial charge in [0, 0.05) is 11.1 Å². The predicted molar refractivity (Wildman–Crippen MR) is 161 cm³/mol. The maximum Gasteiger partial charge on any atom is 0.266 e. The maximum atomic E-state index is 13.6. The Labute approximate surface area is 244 Å². The standard InChI is InChI=1S/C35H21N3O5/c39-30-23-16-25-26(35(43)38(34(25)42)22-11-5-10-20(14-22)18-6-1-2-7-18)17-24(23)31(40)29(30)32-36-28-13-12-21(19-8-3-4-9-19)15-27(28)33(41)37-32/h1-6,8,10-17,29H,7,9H2,(H,36,37,41). The Hall–Kier alpha value is -5.76. The second-order valence-corrected chi connectivity index (χ2v) is 10.9. The van der Waals surface area contributed by atoms with E-state index in [1.165, 1.54) is 12.1 Å². The van der Waals surface area contributed by atoms with E-state index >= 15 is 0 Å². The van der Waals surface area contributed by atoms with Crippen molar-refractivity contribution >= 4 is 51.1 Å². The molecule has 0 atom stereocenters. The quantitative estimate of drug-likeness (QED) is 0.256. The van der Waals surface area contributed by atoms with E-state index in [2.05, 4.69) is 9.97 Å². The number of nitrogens with one attached hydrogen (secondary N) is 1. The summed E-state index contributed by atoms with van der Waals surface area (Å²) in [6.45, 7) is 0. The van der Waals surface area contributed by atoms with E-state index in [4.69, 9.17) is 0 Å². The van der Waals surface area contributed by atoms with Crippen LogP contribution in [-0.4, -0.2) is 33.3 Å². The molecule has 3 aromatic carbocycles. The molecule has 1 aromatic heterocycles. The zero-order valence-corrected chi connectivity index (χ0v) is 22.6. The number of allylic oxidation sites excluding steroid dienone is 8. The normalized spacial score (nSPS) is 17.3. The number of aromatic nitrogens is 2. The maximum absolute atomic E-state index is 13.6. The lowest BCUT2D eigenvalue weighted by Gasteiger charge is -2.15. The predicted octanol–water partition coefficient (Wildman–Crippen LogP) is 5.57. The number of nitrogens with zero attached hydrogens (tertiary/aromatic N) is 2. The molecule has 1 N–H and O–H groups in total. The van der Waals surface area contributed by atoms with Gasteiger partial charge in [0.05, 0.1) is 27.7 Å². The largest absolute Gasteiger partial charge is 0.309 e. The van der Waals surface area contributed by atoms with Crippen LogP contribution in [0.3, 0.4) is 0 Å². The first-order valence-corrected chi connectivity index (χ1v) is 13.9. The molecular formula is C35H21N3O5. The number of benzene rings is 3. The van der Waals surface area contributed by atoms with E-state index in [9.17, 15) is 24.0 Å². The van der Waals surface area contributed by atoms with Gasteiger partial charge in [-0.15, -0.1) is 0 Å². The van der Waals surface area contributed by atoms with Crippen LogP contribution in [0.15, 0.2) is 95.8 Å². The third-order valence-corrected chi connectivity index (χ3v) is 8.47. The fraction of sp³-hybridized carbons (Fsp3) is 0.0857. The molecule has 8 nitrogen and oxygen atoms in total. The molecule has 0 fully saturated rings. The second-order valence-electron chi connectivity index (χ2n) is 10.9. The minimum Gasteiger partial charge on any atom is -0.309 e. The zero-order valence-electron chi connectivity index (χ0n) is 22.6. The number of rotatable bonds is 4. The average molecular weight is 564 g/mol. The smallest absolute Gasteiger partial charge is 0.266 e. The van der Waals surface area contributed by atoms with Gasteiger partial charge in [-0.3, -0.25) is 24.0 Å². The molecule has 8 rings (SSSR count). The Morgan fingerprint density at radius 2 is 1.33 bits per heavy atom. The van der Waals surface area contributed by atoms with Crippen LogP contribution < -0.4 is 10.5 Å². The summed E-state index contributed by atoms with van der Waals surface area (Å²) >= 11 is 0. The van der Waals surface area contributed by atoms with Crippen LogP contribution in [0.25, 0.3) is 22.0 Å². The number of ketones is 2. The molecular weight excluding hydrogens is 542 g/mol. The lowest BCUT2D eigenvalue weighted by atomic mass is 10.0. The van der Waals surface area contributed by atoms with Gasteiger partial charge in [0.25, 0.3) is 17.4 Å². The average Bonchev–Trinajstić information content (AvgIpc) is 3.82. The highest BCUT2D eigenvalue weighted by Crippen LogP contribution is 2.38. The molecule has 0 radical (unpaired) electrons. The first-order valence-electron chi connectivity index (χ1n) is 13.9. The van der Waals surface area contributed by atoms with Crippen LogP contribution in [0.5, 0.6) is 0 Å². The molecule has 3 aliphatic carbocycles. The van der Waals surface area contributed by atoms with Gasteiger partial charge >= 0.3 is 0 Å². The van der Waals surface area contributed by atoms with Crippen molar-refractivity contribution in [3.8, 4) is 0 Å². The Kier molecular flexibility index (Phi) is 5.30. The minimum absolute atomic E-state index is 0.0338. The molecule has 0 unspecified atom stereocenters. The van der Waals surface area contributed by atoms with E-state index in [-0.39, 0.29) is 28.1 Å². The molecule has 2 amide bonds. The Bertz CT molecular complexity index is 2140. The van der Waals surface area contributed by atoms with Crippen molar-refractivity contribution in [2.24, 2.45) is 0 Å². The van der Waals surface area contributed by atoms with Crippen molar-refractivity contribution in [3.05, 3.63) is 141 Å². The lowest BCUT2D eigenvalue weighted by Crippen LogP contribution is -2.29. The highest BCUT2D eigenvalue weighted by atomic mass is 16.2. The summed E-state index contributed by atoms with van der Waals surface area (Å²) in [6.07, 6.45) is 13.5. The van der Waals surface area contributed by atoms with E-state index in [0.717, 1.165) is 40.0 Å². The third-order valence-electron chi connectivity index (χ3n) is 8.47. The van der Waals surface area contributed by atoms with Gasteiger partial charge in [0.15, 0.2) is 11.6 Å². The van der Waals surface area contributed by atoms with Crippen LogP contribution in [-0.2, 0) is 0 Å². The molecule has 43 heavy (non-hydrogen) atoms. The molecule has 0 bridgehead atoms. The molecule has 1 aliphatic heterocycles. The number of fused-ring (bicyclic) bond motifs is 3. The van der Waals surface area contributed by atoms with E-state index in [1.54, 1.807) is 30.3 Å². The number of H-pyrrole nitrogens is 1. The molecule has 4 aliphatic rings. The first kappa shape index (κ1) is 25.0. The van der Waals surface area contributed by atoms with Crippen molar-refractivity contribution in [2.75, 3.05) is 4.90 Å². The summed E-state index contributed by atoms with van der Waals surface area (Å²) in [7, 11) is 0. The molecule has 0 saturated heterocycles.